The highest BCUT2D eigenvalue weighted by Crippen LogP contribution is 2.31. The highest BCUT2D eigenvalue weighted by Gasteiger charge is 2.33. The quantitative estimate of drug-likeness (QED) is 0.811. The topological polar surface area (TPSA) is 25.8 Å². The van der Waals surface area contributed by atoms with Crippen LogP contribution in [-0.2, 0) is 19.1 Å². The molecular formula is C18H21F3NO+. The van der Waals surface area contributed by atoms with Gasteiger partial charge in [0.2, 0.25) is 0 Å². The van der Waals surface area contributed by atoms with Crippen LogP contribution in [0, 0.1) is 6.92 Å². The van der Waals surface area contributed by atoms with Gasteiger partial charge in [0.15, 0.2) is 0 Å². The molecule has 5 heteroatoms. The summed E-state index contributed by atoms with van der Waals surface area (Å²) in [6.45, 7) is 3.02. The van der Waals surface area contributed by atoms with Crippen molar-refractivity contribution >= 4 is 0 Å². The summed E-state index contributed by atoms with van der Waals surface area (Å²) in [7, 11) is 1.62. The number of rotatable bonds is 6. The van der Waals surface area contributed by atoms with Crippen molar-refractivity contribution in [2.45, 2.75) is 26.1 Å². The highest BCUT2D eigenvalue weighted by atomic mass is 19.4. The van der Waals surface area contributed by atoms with Gasteiger partial charge >= 0.3 is 6.18 Å². The summed E-state index contributed by atoms with van der Waals surface area (Å²) < 4.78 is 44.1. The molecule has 2 nitrogen and oxygen atoms in total. The summed E-state index contributed by atoms with van der Waals surface area (Å²) in [5, 5.41) is 1.90. The predicted octanol–water partition coefficient (Wildman–Crippen LogP) is 3.33. The van der Waals surface area contributed by atoms with Crippen molar-refractivity contribution in [1.82, 2.24) is 0 Å². The SMILES string of the molecule is COc1ccc(C)cc1CC[NH2+]Cc1ccccc1C(F)(F)F. The first-order chi connectivity index (χ1) is 10.9. The Morgan fingerprint density at radius 1 is 1.04 bits per heavy atom. The third kappa shape index (κ3) is 4.73. The number of alkyl halides is 3. The Kier molecular flexibility index (Phi) is 5.66. The van der Waals surface area contributed by atoms with E-state index in [-0.39, 0.29) is 0 Å². The maximum Gasteiger partial charge on any atom is 0.416 e. The highest BCUT2D eigenvalue weighted by molar-refractivity contribution is 5.37. The summed E-state index contributed by atoms with van der Waals surface area (Å²) in [5.41, 5.74) is 1.98. The predicted molar refractivity (Wildman–Crippen MR) is 83.4 cm³/mol. The fourth-order valence-corrected chi connectivity index (χ4v) is 2.59. The second-order valence-electron chi connectivity index (χ2n) is 5.50. The van der Waals surface area contributed by atoms with Gasteiger partial charge in [-0.2, -0.15) is 13.2 Å². The van der Waals surface area contributed by atoms with Gasteiger partial charge in [-0.1, -0.05) is 35.9 Å². The Balaban J connectivity index is 1.96. The number of halogens is 3. The second-order valence-corrected chi connectivity index (χ2v) is 5.50. The molecule has 0 unspecified atom stereocenters. The molecule has 2 rings (SSSR count). The van der Waals surface area contributed by atoms with Crippen molar-refractivity contribution in [2.75, 3.05) is 13.7 Å². The molecule has 23 heavy (non-hydrogen) atoms. The summed E-state index contributed by atoms with van der Waals surface area (Å²) in [5.74, 6) is 0.819. The van der Waals surface area contributed by atoms with Gasteiger partial charge in [0.25, 0.3) is 0 Å². The number of aryl methyl sites for hydroxylation is 1. The lowest BCUT2D eigenvalue weighted by Crippen LogP contribution is -2.83. The number of hydrogen-bond acceptors (Lipinski definition) is 1. The molecule has 2 aromatic rings. The van der Waals surface area contributed by atoms with Crippen LogP contribution in [0.3, 0.4) is 0 Å². The van der Waals surface area contributed by atoms with Crippen LogP contribution in [0.5, 0.6) is 5.75 Å². The number of nitrogens with two attached hydrogens (primary N) is 1. The lowest BCUT2D eigenvalue weighted by atomic mass is 10.1. The van der Waals surface area contributed by atoms with Gasteiger partial charge in [-0.3, -0.25) is 0 Å². The molecule has 2 aromatic carbocycles. The van der Waals surface area contributed by atoms with Gasteiger partial charge in [-0.25, -0.2) is 0 Å². The zero-order valence-electron chi connectivity index (χ0n) is 13.3. The van der Waals surface area contributed by atoms with Crippen molar-refractivity contribution in [2.24, 2.45) is 0 Å². The van der Waals surface area contributed by atoms with E-state index in [1.165, 1.54) is 12.1 Å². The van der Waals surface area contributed by atoms with E-state index in [0.717, 1.165) is 29.4 Å². The van der Waals surface area contributed by atoms with Crippen molar-refractivity contribution in [3.63, 3.8) is 0 Å². The molecule has 0 saturated carbocycles. The summed E-state index contributed by atoms with van der Waals surface area (Å²) in [4.78, 5) is 0. The lowest BCUT2D eigenvalue weighted by Gasteiger charge is -2.12. The van der Waals surface area contributed by atoms with E-state index in [2.05, 4.69) is 6.07 Å². The molecule has 0 aromatic heterocycles. The molecule has 2 N–H and O–H groups in total. The summed E-state index contributed by atoms with van der Waals surface area (Å²) >= 11 is 0. The van der Waals surface area contributed by atoms with Crippen molar-refractivity contribution in [3.8, 4) is 5.75 Å². The lowest BCUT2D eigenvalue weighted by molar-refractivity contribution is -0.670. The molecule has 0 spiro atoms. The summed E-state index contributed by atoms with van der Waals surface area (Å²) in [6, 6.07) is 11.7. The van der Waals surface area contributed by atoms with E-state index in [4.69, 9.17) is 4.74 Å². The molecular weight excluding hydrogens is 303 g/mol. The molecule has 0 aliphatic carbocycles. The van der Waals surface area contributed by atoms with E-state index >= 15 is 0 Å². The normalized spacial score (nSPS) is 11.5. The van der Waals surface area contributed by atoms with Crippen LogP contribution >= 0.6 is 0 Å². The molecule has 0 aliphatic heterocycles. The minimum absolute atomic E-state index is 0.309. The van der Waals surface area contributed by atoms with E-state index in [0.29, 0.717) is 18.7 Å². The molecule has 0 bridgehead atoms. The molecule has 0 fully saturated rings. The van der Waals surface area contributed by atoms with Crippen molar-refractivity contribution in [3.05, 3.63) is 64.7 Å². The van der Waals surface area contributed by atoms with Crippen molar-refractivity contribution < 1.29 is 23.2 Å². The Labute approximate surface area is 134 Å². The van der Waals surface area contributed by atoms with Gasteiger partial charge in [-0.05, 0) is 24.6 Å². The first-order valence-corrected chi connectivity index (χ1v) is 7.52. The fraction of sp³-hybridized carbons (Fsp3) is 0.333. The number of methoxy groups -OCH3 is 1. The Hall–Kier alpha value is -2.01. The molecule has 0 aliphatic rings. The number of hydrogen-bond donors (Lipinski definition) is 1. The van der Waals surface area contributed by atoms with Gasteiger partial charge in [0.05, 0.1) is 19.2 Å². The van der Waals surface area contributed by atoms with E-state index in [9.17, 15) is 13.2 Å². The largest absolute Gasteiger partial charge is 0.496 e. The monoisotopic (exact) mass is 324 g/mol. The Morgan fingerprint density at radius 3 is 2.48 bits per heavy atom. The first-order valence-electron chi connectivity index (χ1n) is 7.52. The van der Waals surface area contributed by atoms with Crippen LogP contribution < -0.4 is 10.1 Å². The van der Waals surface area contributed by atoms with Crippen LogP contribution in [0.15, 0.2) is 42.5 Å². The Bertz CT molecular complexity index is 653. The van der Waals surface area contributed by atoms with Gasteiger partial charge in [-0.15, -0.1) is 0 Å². The molecule has 0 saturated heterocycles. The third-order valence-electron chi connectivity index (χ3n) is 3.74. The third-order valence-corrected chi connectivity index (χ3v) is 3.74. The zero-order valence-corrected chi connectivity index (χ0v) is 13.3. The second kappa shape index (κ2) is 7.51. The maximum atomic E-state index is 12.9. The molecule has 0 radical (unpaired) electrons. The maximum absolute atomic E-state index is 12.9. The average Bonchev–Trinajstić information content (AvgIpc) is 2.51. The van der Waals surface area contributed by atoms with Crippen LogP contribution in [0.1, 0.15) is 22.3 Å². The standard InChI is InChI=1S/C18H20F3NO/c1-13-7-8-17(23-2)14(11-13)9-10-22-12-15-5-3-4-6-16(15)18(19,20)21/h3-8,11,22H,9-10,12H2,1-2H3/p+1. The van der Waals surface area contributed by atoms with Crippen molar-refractivity contribution in [1.29, 1.82) is 0 Å². The molecule has 0 amide bonds. The van der Waals surface area contributed by atoms with E-state index in [1.807, 2.05) is 24.4 Å². The minimum Gasteiger partial charge on any atom is -0.496 e. The fourth-order valence-electron chi connectivity index (χ4n) is 2.59. The van der Waals surface area contributed by atoms with Crippen LogP contribution in [0.25, 0.3) is 0 Å². The van der Waals surface area contributed by atoms with E-state index < -0.39 is 11.7 Å². The average molecular weight is 324 g/mol. The summed E-state index contributed by atoms with van der Waals surface area (Å²) in [6.07, 6.45) is -3.55. The van der Waals surface area contributed by atoms with Crippen LogP contribution in [-0.4, -0.2) is 13.7 Å². The number of benzene rings is 2. The molecule has 0 atom stereocenters. The number of ether oxygens (including phenoxy) is 1. The first kappa shape index (κ1) is 17.3. The minimum atomic E-state index is -4.30. The van der Waals surface area contributed by atoms with Gasteiger partial charge < -0.3 is 10.1 Å². The Morgan fingerprint density at radius 2 is 1.78 bits per heavy atom. The smallest absolute Gasteiger partial charge is 0.416 e. The van der Waals surface area contributed by atoms with Gasteiger partial charge in [0.1, 0.15) is 12.3 Å². The molecule has 0 heterocycles. The van der Waals surface area contributed by atoms with Gasteiger partial charge in [0, 0.05) is 12.0 Å². The number of quaternary nitrogens is 1. The zero-order chi connectivity index (χ0) is 16.9. The van der Waals surface area contributed by atoms with E-state index in [1.54, 1.807) is 13.2 Å². The van der Waals surface area contributed by atoms with Crippen LogP contribution in [0.4, 0.5) is 13.2 Å². The molecule has 124 valence electrons. The van der Waals surface area contributed by atoms with Crippen LogP contribution in [0.2, 0.25) is 0 Å².